The maximum atomic E-state index is 7.33. The normalized spacial score (nSPS) is 7.50. The first-order valence-electron chi connectivity index (χ1n) is 0.894. The molecule has 0 radical (unpaired) electrons. The van der Waals surface area contributed by atoms with Gasteiger partial charge >= 0.3 is 84.2 Å². The number of hydrogen-bond donors (Lipinski definition) is 4. The first-order valence-corrected chi connectivity index (χ1v) is 2.68. The van der Waals surface area contributed by atoms with Gasteiger partial charge in [0, 0.05) is 0 Å². The van der Waals surface area contributed by atoms with Gasteiger partial charge in [-0.25, -0.2) is 0 Å². The molecule has 0 aliphatic rings. The minimum atomic E-state index is -4.61. The van der Waals surface area contributed by atoms with Gasteiger partial charge in [-0.1, -0.05) is 0 Å². The van der Waals surface area contributed by atoms with Crippen LogP contribution in [-0.2, 0) is 0 Å². The monoisotopic (exact) mass is 288 g/mol. The average Bonchev–Trinajstić information content (AvgIpc) is 0.722. The second-order valence-corrected chi connectivity index (χ2v) is 1.80. The molecule has 0 fully saturated rings. The summed E-state index contributed by atoms with van der Waals surface area (Å²) in [6, 6.07) is 0. The molecular formula is H13CaGaGeO4Si. The van der Waals surface area contributed by atoms with E-state index in [1.807, 2.05) is 0 Å². The molecule has 0 aromatic rings. The van der Waals surface area contributed by atoms with E-state index in [0.717, 1.165) is 0 Å². The molecule has 4 N–H and O–H groups in total. The van der Waals surface area contributed by atoms with Crippen molar-refractivity contribution in [2.24, 2.45) is 0 Å². The van der Waals surface area contributed by atoms with Crippen LogP contribution in [0.15, 0.2) is 0 Å². The van der Waals surface area contributed by atoms with Crippen molar-refractivity contribution in [1.82, 2.24) is 0 Å². The van der Waals surface area contributed by atoms with Crippen LogP contribution in [0.5, 0.6) is 0 Å². The summed E-state index contributed by atoms with van der Waals surface area (Å²) < 4.78 is 0. The zero-order chi connectivity index (χ0) is 4.50. The Balaban J connectivity index is -0.0000000267. The fourth-order valence-corrected chi connectivity index (χ4v) is 0. The molecule has 0 aromatic carbocycles. The van der Waals surface area contributed by atoms with Gasteiger partial charge in [-0.3, -0.25) is 0 Å². The van der Waals surface area contributed by atoms with E-state index in [-0.39, 0.29) is 75.1 Å². The molecule has 0 aliphatic heterocycles. The Kier molecular flexibility index (Phi) is 26.6. The summed E-state index contributed by atoms with van der Waals surface area (Å²) >= 11 is 0. The van der Waals surface area contributed by atoms with Gasteiger partial charge in [-0.05, 0) is 0 Å². The molecule has 0 saturated heterocycles. The summed E-state index contributed by atoms with van der Waals surface area (Å²) in [5.74, 6) is 0. The first kappa shape index (κ1) is 22.4. The molecule has 8 heteroatoms. The molecule has 0 heterocycles. The Morgan fingerprint density at radius 2 is 0.875 bits per heavy atom. The van der Waals surface area contributed by atoms with Gasteiger partial charge in [0.1, 0.15) is 0 Å². The fraction of sp³-hybridized carbons (Fsp3) is 0. The Hall–Kier alpha value is 2.50. The Bertz CT molecular complexity index is 31.5. The molecule has 0 atom stereocenters. The second-order valence-electron chi connectivity index (χ2n) is 0.600. The Labute approximate surface area is 102 Å². The molecule has 0 amide bonds. The van der Waals surface area contributed by atoms with E-state index in [1.54, 1.807) is 0 Å². The van der Waals surface area contributed by atoms with Crippen molar-refractivity contribution in [2.45, 2.75) is 0 Å². The third-order valence-electron chi connectivity index (χ3n) is 0. The minimum absolute atomic E-state index is 0. The standard InChI is InChI=1S/Ca.Ga.GeH4.H4O4Si.5H/c;;;1-5(2,3)4;;;;;/h;;1H4;1-4H;;;;;. The Morgan fingerprint density at radius 1 is 0.875 bits per heavy atom. The zero-order valence-corrected chi connectivity index (χ0v) is 3.29. The molecule has 0 aromatic heterocycles. The molecule has 0 aliphatic carbocycles. The van der Waals surface area contributed by atoms with Gasteiger partial charge in [-0.2, -0.15) is 0 Å². The molecule has 50 valence electrons. The molecule has 4 nitrogen and oxygen atoms in total. The van der Waals surface area contributed by atoms with Crippen molar-refractivity contribution in [3.05, 3.63) is 0 Å². The molecule has 0 bridgehead atoms. The Morgan fingerprint density at radius 3 is 0.875 bits per heavy atom. The molecular weight excluding hydrogens is 274 g/mol. The van der Waals surface area contributed by atoms with Crippen molar-refractivity contribution in [3.63, 3.8) is 0 Å². The van der Waals surface area contributed by atoms with Crippen LogP contribution in [0.25, 0.3) is 0 Å². The third-order valence-corrected chi connectivity index (χ3v) is 0. The first-order chi connectivity index (χ1) is 2.00. The summed E-state index contributed by atoms with van der Waals surface area (Å²) in [6.45, 7) is 0. The van der Waals surface area contributed by atoms with Gasteiger partial charge in [0.25, 0.3) is 0 Å². The summed E-state index contributed by atoms with van der Waals surface area (Å²) in [6.07, 6.45) is 0. The van der Waals surface area contributed by atoms with Crippen LogP contribution < -0.4 is 0 Å². The van der Waals surface area contributed by atoms with Crippen LogP contribution in [0.1, 0.15) is 0 Å². The summed E-state index contributed by atoms with van der Waals surface area (Å²) in [5.41, 5.74) is 0. The number of rotatable bonds is 0. The zero-order valence-electron chi connectivity index (χ0n) is 2.29. The summed E-state index contributed by atoms with van der Waals surface area (Å²) in [5, 5.41) is 0. The second kappa shape index (κ2) is 9.50. The molecule has 0 unspecified atom stereocenters. The van der Waals surface area contributed by atoms with Crippen LogP contribution in [0.3, 0.4) is 0 Å². The van der Waals surface area contributed by atoms with Crippen molar-refractivity contribution >= 4 is 84.2 Å². The van der Waals surface area contributed by atoms with Crippen LogP contribution in [0, 0.1) is 0 Å². The van der Waals surface area contributed by atoms with E-state index >= 15 is 0 Å². The van der Waals surface area contributed by atoms with Gasteiger partial charge < -0.3 is 19.2 Å². The van der Waals surface area contributed by atoms with Crippen molar-refractivity contribution in [2.75, 3.05) is 0 Å². The van der Waals surface area contributed by atoms with Crippen LogP contribution in [0.2, 0.25) is 0 Å². The predicted molar refractivity (Wildman–Crippen MR) is 44.4 cm³/mol. The van der Waals surface area contributed by atoms with Crippen molar-refractivity contribution in [3.8, 4) is 0 Å². The topological polar surface area (TPSA) is 80.9 Å². The van der Waals surface area contributed by atoms with E-state index in [4.69, 9.17) is 19.2 Å². The van der Waals surface area contributed by atoms with E-state index in [2.05, 4.69) is 0 Å². The quantitative estimate of drug-likeness (QED) is 0.334. The van der Waals surface area contributed by atoms with E-state index < -0.39 is 9.05 Å². The van der Waals surface area contributed by atoms with E-state index in [1.165, 1.54) is 0 Å². The maximum absolute atomic E-state index is 7.33. The SMILES string of the molecule is O[Si](O)(O)O.[CaH2].[GaH3].[GeH4]. The van der Waals surface area contributed by atoms with Gasteiger partial charge in [0.15, 0.2) is 0 Å². The summed E-state index contributed by atoms with van der Waals surface area (Å²) in [7, 11) is -4.61. The van der Waals surface area contributed by atoms with Gasteiger partial charge in [-0.15, -0.1) is 0 Å². The molecule has 0 spiro atoms. The van der Waals surface area contributed by atoms with Crippen molar-refractivity contribution < 1.29 is 19.2 Å². The third kappa shape index (κ3) is 76.6. The van der Waals surface area contributed by atoms with Crippen LogP contribution in [-0.4, -0.2) is 103 Å². The van der Waals surface area contributed by atoms with Crippen LogP contribution >= 0.6 is 0 Å². The van der Waals surface area contributed by atoms with E-state index in [0.29, 0.717) is 0 Å². The van der Waals surface area contributed by atoms with Crippen LogP contribution in [0.4, 0.5) is 0 Å². The summed E-state index contributed by atoms with van der Waals surface area (Å²) in [4.78, 5) is 29.3. The predicted octanol–water partition coefficient (Wildman–Crippen LogP) is -6.16. The number of hydrogen-bond acceptors (Lipinski definition) is 4. The molecule has 0 saturated carbocycles. The van der Waals surface area contributed by atoms with Gasteiger partial charge in [0.05, 0.1) is 0 Å². The van der Waals surface area contributed by atoms with Gasteiger partial charge in [0.2, 0.25) is 0 Å². The molecule has 0 rings (SSSR count). The fourth-order valence-electron chi connectivity index (χ4n) is 0. The van der Waals surface area contributed by atoms with Crippen molar-refractivity contribution in [1.29, 1.82) is 0 Å². The molecule has 8 heavy (non-hydrogen) atoms. The van der Waals surface area contributed by atoms with E-state index in [9.17, 15) is 0 Å². The average molecular weight is 288 g/mol.